The lowest BCUT2D eigenvalue weighted by atomic mass is 9.97. The molecule has 0 amide bonds. The Morgan fingerprint density at radius 1 is 0.588 bits per heavy atom. The molecule has 51 heavy (non-hydrogen) atoms. The summed E-state index contributed by atoms with van der Waals surface area (Å²) < 4.78 is 45.1. The zero-order valence-electron chi connectivity index (χ0n) is 29.3. The van der Waals surface area contributed by atoms with Gasteiger partial charge in [0.05, 0.1) is 40.1 Å². The van der Waals surface area contributed by atoms with Crippen LogP contribution in [0.5, 0.6) is 5.75 Å². The summed E-state index contributed by atoms with van der Waals surface area (Å²) in [7, 11) is 1.65. The van der Waals surface area contributed by atoms with Crippen molar-refractivity contribution < 1.29 is 33.2 Å². The summed E-state index contributed by atoms with van der Waals surface area (Å²) in [4.78, 5) is 2.84. The van der Waals surface area contributed by atoms with E-state index in [0.717, 1.165) is 53.7 Å². The molecule has 4 aromatic rings. The largest absolute Gasteiger partial charge is 0.497 e. The minimum absolute atomic E-state index is 0.265. The molecule has 0 bridgehead atoms. The lowest BCUT2D eigenvalue weighted by molar-refractivity contribution is -0.328. The minimum atomic E-state index is -0.736. The Labute approximate surface area is 301 Å². The van der Waals surface area contributed by atoms with Crippen molar-refractivity contribution in [2.75, 3.05) is 26.9 Å². The summed E-state index contributed by atoms with van der Waals surface area (Å²) in [6.45, 7) is 2.69. The Bertz CT molecular complexity index is 1560. The predicted molar refractivity (Wildman–Crippen MR) is 195 cm³/mol. The van der Waals surface area contributed by atoms with Gasteiger partial charge < -0.3 is 33.2 Å². The third-order valence-electron chi connectivity index (χ3n) is 8.65. The second-order valence-corrected chi connectivity index (χ2v) is 12.4. The lowest BCUT2D eigenvalue weighted by Gasteiger charge is -2.46. The molecule has 1 saturated heterocycles. The van der Waals surface area contributed by atoms with Crippen LogP contribution >= 0.6 is 0 Å². The van der Waals surface area contributed by atoms with Crippen LogP contribution in [0.4, 0.5) is 0 Å². The van der Waals surface area contributed by atoms with Gasteiger partial charge in [-0.1, -0.05) is 121 Å². The van der Waals surface area contributed by atoms with Crippen LogP contribution in [0.3, 0.4) is 0 Å². The Morgan fingerprint density at radius 2 is 1.12 bits per heavy atom. The van der Waals surface area contributed by atoms with Gasteiger partial charge in [0.1, 0.15) is 30.2 Å². The van der Waals surface area contributed by atoms with Crippen molar-refractivity contribution in [2.45, 2.75) is 82.8 Å². The number of azide groups is 1. The molecule has 1 aliphatic heterocycles. The van der Waals surface area contributed by atoms with Crippen molar-refractivity contribution in [3.05, 3.63) is 148 Å². The van der Waals surface area contributed by atoms with E-state index in [1.54, 1.807) is 7.11 Å². The molecular weight excluding hydrogens is 646 g/mol. The standard InChI is InChI=1S/C41H49N3O7/c1-45-36-23-21-35(22-24-36)30-49-39-38(48-28-33-17-9-5-10-18-33)37(31-46-27-32-15-7-4-8-16-32)51-41(47-26-14-3-2-13-25-43-44-42)40(39)50-29-34-19-11-6-12-20-34/h4-12,15-24,37-41H,2-3,13-14,25-31H2,1H3/t37-,38+,39+,40-,41-/m1/s1. The molecule has 10 heteroatoms. The highest BCUT2D eigenvalue weighted by Gasteiger charge is 2.49. The van der Waals surface area contributed by atoms with Crippen LogP contribution in [0, 0.1) is 0 Å². The highest BCUT2D eigenvalue weighted by molar-refractivity contribution is 5.26. The maximum atomic E-state index is 8.56. The molecule has 0 radical (unpaired) electrons. The monoisotopic (exact) mass is 695 g/mol. The van der Waals surface area contributed by atoms with Crippen LogP contribution in [-0.2, 0) is 54.8 Å². The Balaban J connectivity index is 1.39. The molecule has 0 N–H and O–H groups in total. The molecule has 10 nitrogen and oxygen atoms in total. The van der Waals surface area contributed by atoms with Gasteiger partial charge in [-0.25, -0.2) is 0 Å². The highest BCUT2D eigenvalue weighted by atomic mass is 16.7. The van der Waals surface area contributed by atoms with Gasteiger partial charge in [-0.05, 0) is 52.8 Å². The predicted octanol–water partition coefficient (Wildman–Crippen LogP) is 8.58. The molecule has 1 aliphatic rings. The average Bonchev–Trinajstić information content (AvgIpc) is 3.18. The van der Waals surface area contributed by atoms with Gasteiger partial charge in [-0.2, -0.15) is 0 Å². The number of nitrogens with zero attached hydrogens (tertiary/aromatic N) is 3. The zero-order chi connectivity index (χ0) is 35.4. The molecule has 5 atom stereocenters. The van der Waals surface area contributed by atoms with E-state index in [0.29, 0.717) is 39.6 Å². The van der Waals surface area contributed by atoms with E-state index in [-0.39, 0.29) is 6.61 Å². The minimum Gasteiger partial charge on any atom is -0.497 e. The molecule has 0 saturated carbocycles. The third kappa shape index (κ3) is 12.8. The lowest BCUT2D eigenvalue weighted by Crippen LogP contribution is -2.61. The number of rotatable bonds is 22. The van der Waals surface area contributed by atoms with Crippen molar-refractivity contribution in [3.8, 4) is 5.75 Å². The summed E-state index contributed by atoms with van der Waals surface area (Å²) >= 11 is 0. The zero-order valence-corrected chi connectivity index (χ0v) is 29.3. The van der Waals surface area contributed by atoms with Crippen LogP contribution in [0.1, 0.15) is 47.9 Å². The van der Waals surface area contributed by atoms with Gasteiger partial charge in [-0.15, -0.1) is 0 Å². The molecule has 0 spiro atoms. The van der Waals surface area contributed by atoms with Gasteiger partial charge in [0.25, 0.3) is 0 Å². The molecule has 0 aliphatic carbocycles. The molecule has 4 aromatic carbocycles. The number of hydrogen-bond donors (Lipinski definition) is 0. The number of benzene rings is 4. The highest BCUT2D eigenvalue weighted by Crippen LogP contribution is 2.32. The van der Waals surface area contributed by atoms with E-state index in [2.05, 4.69) is 10.0 Å². The van der Waals surface area contributed by atoms with Crippen LogP contribution in [0.2, 0.25) is 0 Å². The van der Waals surface area contributed by atoms with Gasteiger partial charge in [0, 0.05) is 18.1 Å². The maximum Gasteiger partial charge on any atom is 0.186 e. The van der Waals surface area contributed by atoms with Crippen molar-refractivity contribution in [1.82, 2.24) is 0 Å². The molecule has 0 unspecified atom stereocenters. The molecule has 0 aromatic heterocycles. The van der Waals surface area contributed by atoms with E-state index in [4.69, 9.17) is 38.7 Å². The quantitative estimate of drug-likeness (QED) is 0.0350. The SMILES string of the molecule is COc1ccc(CO[C@H]2[C@@H](OCc3ccccc3)[C@@H](COCc3ccccc3)O[C@@H](OCCCCCCN=[N+]=[N-])[C@@H]2OCc2ccccc2)cc1. The fraction of sp³-hybridized carbons (Fsp3) is 0.415. The van der Waals surface area contributed by atoms with Crippen molar-refractivity contribution in [2.24, 2.45) is 5.11 Å². The second-order valence-electron chi connectivity index (χ2n) is 12.4. The normalized spacial score (nSPS) is 20.1. The molecule has 1 fully saturated rings. The number of unbranched alkanes of at least 4 members (excludes halogenated alkanes) is 3. The molecule has 1 heterocycles. The first-order valence-corrected chi connectivity index (χ1v) is 17.7. The summed E-state index contributed by atoms with van der Waals surface area (Å²) in [5.41, 5.74) is 12.7. The third-order valence-corrected chi connectivity index (χ3v) is 8.65. The average molecular weight is 696 g/mol. The fourth-order valence-corrected chi connectivity index (χ4v) is 5.91. The van der Waals surface area contributed by atoms with Crippen LogP contribution < -0.4 is 4.74 Å². The summed E-state index contributed by atoms with van der Waals surface area (Å²) in [6, 6.07) is 38.0. The first kappa shape index (κ1) is 38.0. The maximum absolute atomic E-state index is 8.56. The summed E-state index contributed by atoms with van der Waals surface area (Å²) in [6.07, 6.45) is 0.585. The molecule has 5 rings (SSSR count). The van der Waals surface area contributed by atoms with E-state index in [9.17, 15) is 0 Å². The Morgan fingerprint density at radius 3 is 1.71 bits per heavy atom. The van der Waals surface area contributed by atoms with Gasteiger partial charge in [0.2, 0.25) is 0 Å². The van der Waals surface area contributed by atoms with Crippen molar-refractivity contribution >= 4 is 0 Å². The fourth-order valence-electron chi connectivity index (χ4n) is 5.91. The van der Waals surface area contributed by atoms with Gasteiger partial charge in [-0.3, -0.25) is 0 Å². The van der Waals surface area contributed by atoms with Crippen LogP contribution in [0.15, 0.2) is 120 Å². The Kier molecular flexibility index (Phi) is 16.3. The topological polar surface area (TPSA) is 113 Å². The first-order chi connectivity index (χ1) is 25.2. The molecule has 270 valence electrons. The smallest absolute Gasteiger partial charge is 0.186 e. The summed E-state index contributed by atoms with van der Waals surface area (Å²) in [5, 5.41) is 3.64. The van der Waals surface area contributed by atoms with Gasteiger partial charge >= 0.3 is 0 Å². The van der Waals surface area contributed by atoms with E-state index < -0.39 is 30.7 Å². The number of ether oxygens (including phenoxy) is 7. The summed E-state index contributed by atoms with van der Waals surface area (Å²) in [5.74, 6) is 0.778. The number of hydrogen-bond acceptors (Lipinski definition) is 8. The van der Waals surface area contributed by atoms with E-state index in [1.165, 1.54) is 0 Å². The van der Waals surface area contributed by atoms with Crippen molar-refractivity contribution in [1.29, 1.82) is 0 Å². The Hall–Kier alpha value is -4.25. The van der Waals surface area contributed by atoms with E-state index in [1.807, 2.05) is 115 Å². The first-order valence-electron chi connectivity index (χ1n) is 17.7. The van der Waals surface area contributed by atoms with Crippen LogP contribution in [-0.4, -0.2) is 57.6 Å². The van der Waals surface area contributed by atoms with E-state index >= 15 is 0 Å². The van der Waals surface area contributed by atoms with Crippen molar-refractivity contribution in [3.63, 3.8) is 0 Å². The second kappa shape index (κ2) is 21.9. The van der Waals surface area contributed by atoms with Gasteiger partial charge in [0.15, 0.2) is 6.29 Å². The molecular formula is C41H49N3O7. The van der Waals surface area contributed by atoms with Crippen LogP contribution in [0.25, 0.3) is 10.4 Å². The number of methoxy groups -OCH3 is 1.